The summed E-state index contributed by atoms with van der Waals surface area (Å²) < 4.78 is 5.46. The number of nitrogens with one attached hydrogen (secondary N) is 3. The van der Waals surface area contributed by atoms with Crippen LogP contribution in [0.2, 0.25) is 0 Å². The quantitative estimate of drug-likeness (QED) is 0.543. The summed E-state index contributed by atoms with van der Waals surface area (Å²) in [5.74, 6) is 0.374. The van der Waals surface area contributed by atoms with Gasteiger partial charge in [0, 0.05) is 43.0 Å². The summed E-state index contributed by atoms with van der Waals surface area (Å²) in [6.45, 7) is 6.27. The third kappa shape index (κ3) is 4.61. The van der Waals surface area contributed by atoms with Gasteiger partial charge in [0.25, 0.3) is 5.91 Å². The molecule has 1 amide bonds. The molecule has 1 fully saturated rings. The van der Waals surface area contributed by atoms with E-state index in [-0.39, 0.29) is 11.8 Å². The molecular weight excluding hydrogens is 416 g/mol. The number of hydrogen-bond acceptors (Lipinski definition) is 6. The average Bonchev–Trinajstić information content (AvgIpc) is 3.31. The molecule has 0 unspecified atom stereocenters. The number of amides is 1. The Kier molecular flexibility index (Phi) is 6.08. The molecule has 0 spiro atoms. The molecule has 4 heterocycles. The van der Waals surface area contributed by atoms with Crippen LogP contribution >= 0.6 is 0 Å². The second-order valence-corrected chi connectivity index (χ2v) is 8.39. The molecule has 0 aliphatic carbocycles. The zero-order valence-electron chi connectivity index (χ0n) is 18.7. The number of anilines is 1. The van der Waals surface area contributed by atoms with Crippen molar-refractivity contribution in [3.8, 4) is 0 Å². The third-order valence-electron chi connectivity index (χ3n) is 6.18. The molecule has 0 radical (unpaired) electrons. The lowest BCUT2D eigenvalue weighted by Crippen LogP contribution is -2.41. The number of carbonyl (C=O) groups excluding carboxylic acids is 1. The Balaban J connectivity index is 1.24. The van der Waals surface area contributed by atoms with Gasteiger partial charge in [-0.05, 0) is 23.1 Å². The number of hydrogen-bond donors (Lipinski definition) is 3. The molecule has 5 rings (SSSR count). The molecule has 8 nitrogen and oxygen atoms in total. The van der Waals surface area contributed by atoms with E-state index in [1.165, 1.54) is 5.56 Å². The van der Waals surface area contributed by atoms with Gasteiger partial charge in [0.05, 0.1) is 31.6 Å². The van der Waals surface area contributed by atoms with Gasteiger partial charge in [0.2, 0.25) is 0 Å². The number of aromatic amines is 1. The lowest BCUT2D eigenvalue weighted by atomic mass is 10.0. The summed E-state index contributed by atoms with van der Waals surface area (Å²) in [5.41, 5.74) is 5.18. The number of pyridine rings is 1. The molecule has 3 aromatic rings. The average molecular weight is 445 g/mol. The van der Waals surface area contributed by atoms with E-state index >= 15 is 0 Å². The smallest absolute Gasteiger partial charge is 0.286 e. The van der Waals surface area contributed by atoms with Crippen molar-refractivity contribution in [3.63, 3.8) is 0 Å². The van der Waals surface area contributed by atoms with Crippen molar-refractivity contribution in [3.05, 3.63) is 66.1 Å². The van der Waals surface area contributed by atoms with E-state index < -0.39 is 0 Å². The molecule has 8 heteroatoms. The number of H-pyrrole nitrogens is 1. The lowest BCUT2D eigenvalue weighted by molar-refractivity contribution is -0.115. The van der Waals surface area contributed by atoms with Crippen LogP contribution in [0.5, 0.6) is 0 Å². The first kappa shape index (κ1) is 21.2. The minimum Gasteiger partial charge on any atom is -0.378 e. The highest BCUT2D eigenvalue weighted by molar-refractivity contribution is 6.38. The Morgan fingerprint density at radius 2 is 2.06 bits per heavy atom. The monoisotopic (exact) mass is 444 g/mol. The van der Waals surface area contributed by atoms with Gasteiger partial charge in [0.15, 0.2) is 5.84 Å². The minimum absolute atomic E-state index is 0.191. The van der Waals surface area contributed by atoms with E-state index in [9.17, 15) is 4.79 Å². The fraction of sp³-hybridized carbons (Fsp3) is 0.320. The molecule has 0 saturated carbocycles. The molecule has 170 valence electrons. The van der Waals surface area contributed by atoms with Gasteiger partial charge < -0.3 is 25.3 Å². The van der Waals surface area contributed by atoms with Crippen molar-refractivity contribution in [2.75, 3.05) is 44.3 Å². The third-order valence-corrected chi connectivity index (χ3v) is 6.18. The number of morpholine rings is 1. The Labute approximate surface area is 192 Å². The summed E-state index contributed by atoms with van der Waals surface area (Å²) in [6, 6.07) is 12.3. The molecule has 1 atom stereocenters. The number of aromatic nitrogens is 2. The zero-order chi connectivity index (χ0) is 22.6. The summed E-state index contributed by atoms with van der Waals surface area (Å²) in [6.07, 6.45) is 5.72. The largest absolute Gasteiger partial charge is 0.378 e. The normalized spacial score (nSPS) is 17.2. The van der Waals surface area contributed by atoms with E-state index in [1.807, 2.05) is 36.8 Å². The van der Waals surface area contributed by atoms with Gasteiger partial charge >= 0.3 is 0 Å². The highest BCUT2D eigenvalue weighted by Gasteiger charge is 2.19. The number of ether oxygens (including phenoxy) is 1. The van der Waals surface area contributed by atoms with Crippen molar-refractivity contribution >= 4 is 34.0 Å². The Bertz CT molecular complexity index is 1190. The summed E-state index contributed by atoms with van der Waals surface area (Å²) in [4.78, 5) is 27.2. The number of benzene rings is 1. The van der Waals surface area contributed by atoms with Gasteiger partial charge in [-0.3, -0.25) is 9.79 Å². The highest BCUT2D eigenvalue weighted by Crippen LogP contribution is 2.28. The number of rotatable bonds is 6. The van der Waals surface area contributed by atoms with E-state index in [4.69, 9.17) is 4.74 Å². The fourth-order valence-corrected chi connectivity index (χ4v) is 4.19. The minimum atomic E-state index is -0.191. The summed E-state index contributed by atoms with van der Waals surface area (Å²) in [5, 5.41) is 7.11. The van der Waals surface area contributed by atoms with Gasteiger partial charge in [0.1, 0.15) is 5.65 Å². The van der Waals surface area contributed by atoms with Crippen molar-refractivity contribution < 1.29 is 9.53 Å². The standard InChI is InChI=1S/C25H28N6O2/c1-17(18-5-3-2-4-6-18)12-30-25(32)24-26-13-19(14-27-24)22-16-29-23-21(22)11-20(15-28-23)31-7-9-33-10-8-31/h2-6,11,13,15-17H,7-10,12,14H2,1H3,(H,26,27)(H,28,29)(H,30,32)/t17-/m0/s1. The number of fused-ring (bicyclic) bond motifs is 1. The summed E-state index contributed by atoms with van der Waals surface area (Å²) in [7, 11) is 0. The Hall–Kier alpha value is -3.65. The molecule has 33 heavy (non-hydrogen) atoms. The van der Waals surface area contributed by atoms with Gasteiger partial charge in [-0.1, -0.05) is 37.3 Å². The van der Waals surface area contributed by atoms with Crippen LogP contribution in [-0.2, 0) is 9.53 Å². The van der Waals surface area contributed by atoms with E-state index in [0.29, 0.717) is 18.9 Å². The van der Waals surface area contributed by atoms with Crippen LogP contribution in [0, 0.1) is 0 Å². The molecular formula is C25H28N6O2. The van der Waals surface area contributed by atoms with E-state index in [1.54, 1.807) is 0 Å². The number of aliphatic imine (C=N–C) groups is 1. The first-order chi connectivity index (χ1) is 16.2. The van der Waals surface area contributed by atoms with Crippen LogP contribution in [0.25, 0.3) is 16.6 Å². The first-order valence-corrected chi connectivity index (χ1v) is 11.3. The predicted molar refractivity (Wildman–Crippen MR) is 130 cm³/mol. The topological polar surface area (TPSA) is 94.6 Å². The van der Waals surface area contributed by atoms with Crippen LogP contribution in [0.3, 0.4) is 0 Å². The van der Waals surface area contributed by atoms with Gasteiger partial charge in [-0.15, -0.1) is 0 Å². The van der Waals surface area contributed by atoms with Crippen LogP contribution < -0.4 is 15.5 Å². The molecule has 1 aromatic carbocycles. The van der Waals surface area contributed by atoms with Crippen LogP contribution in [-0.4, -0.2) is 61.1 Å². The maximum Gasteiger partial charge on any atom is 0.286 e. The van der Waals surface area contributed by atoms with Crippen LogP contribution in [0.4, 0.5) is 5.69 Å². The van der Waals surface area contributed by atoms with Crippen molar-refractivity contribution in [2.45, 2.75) is 12.8 Å². The van der Waals surface area contributed by atoms with E-state index in [2.05, 4.69) is 55.6 Å². The van der Waals surface area contributed by atoms with Gasteiger partial charge in [-0.2, -0.15) is 0 Å². The molecule has 1 saturated heterocycles. The molecule has 2 aromatic heterocycles. The van der Waals surface area contributed by atoms with Crippen LogP contribution in [0.15, 0.2) is 60.0 Å². The first-order valence-electron chi connectivity index (χ1n) is 11.3. The Morgan fingerprint density at radius 3 is 2.82 bits per heavy atom. The molecule has 2 aliphatic rings. The van der Waals surface area contributed by atoms with Gasteiger partial charge in [-0.25, -0.2) is 4.98 Å². The fourth-order valence-electron chi connectivity index (χ4n) is 4.19. The lowest BCUT2D eigenvalue weighted by Gasteiger charge is -2.28. The SMILES string of the molecule is C[C@@H](CNC(=O)C1=NCC(c2c[nH]c3ncc(N4CCOCC4)cc23)=CN1)c1ccccc1. The predicted octanol–water partition coefficient (Wildman–Crippen LogP) is 2.66. The van der Waals surface area contributed by atoms with Crippen molar-refractivity contribution in [1.29, 1.82) is 0 Å². The molecule has 2 aliphatic heterocycles. The van der Waals surface area contributed by atoms with Crippen molar-refractivity contribution in [2.24, 2.45) is 4.99 Å². The Morgan fingerprint density at radius 1 is 1.24 bits per heavy atom. The summed E-state index contributed by atoms with van der Waals surface area (Å²) >= 11 is 0. The highest BCUT2D eigenvalue weighted by atomic mass is 16.5. The number of carbonyl (C=O) groups is 1. The molecule has 3 N–H and O–H groups in total. The van der Waals surface area contributed by atoms with Crippen molar-refractivity contribution in [1.82, 2.24) is 20.6 Å². The van der Waals surface area contributed by atoms with E-state index in [0.717, 1.165) is 54.2 Å². The maximum atomic E-state index is 12.6. The van der Waals surface area contributed by atoms with Crippen LogP contribution in [0.1, 0.15) is 24.0 Å². The number of nitrogens with zero attached hydrogens (tertiary/aromatic N) is 3. The molecule has 0 bridgehead atoms. The maximum absolute atomic E-state index is 12.6. The zero-order valence-corrected chi connectivity index (χ0v) is 18.7. The second kappa shape index (κ2) is 9.46. The number of amidine groups is 1. The second-order valence-electron chi connectivity index (χ2n) is 8.39.